The Morgan fingerprint density at radius 2 is 1.93 bits per heavy atom. The van der Waals surface area contributed by atoms with Crippen molar-refractivity contribution in [3.8, 4) is 11.8 Å². The van der Waals surface area contributed by atoms with Crippen molar-refractivity contribution in [1.29, 1.82) is 5.26 Å². The molecule has 5 nitrogen and oxygen atoms in total. The fraction of sp³-hybridized carbons (Fsp3) is 0.500. The Kier molecular flexibility index (Phi) is 6.79. The number of anilines is 1. The highest BCUT2D eigenvalue weighted by Crippen LogP contribution is 2.27. The number of benzene rings is 1. The molecule has 1 aromatic carbocycles. The molecule has 0 spiro atoms. The predicted molar refractivity (Wildman–Crippen MR) is 109 cm³/mol. The molecular formula is C22H30N4O. The standard InChI is InChI=1S/C22H30N4O/c1-6-8-9-17(7-2)21(27)24-20-14-19(22(3,4)5)25-26(20)18-12-10-16(15-23)11-13-18/h10-14,17H,6-9H2,1-5H3,(H,24,27). The Bertz CT molecular complexity index is 806. The molecule has 5 heteroatoms. The summed E-state index contributed by atoms with van der Waals surface area (Å²) in [6.07, 6.45) is 3.86. The monoisotopic (exact) mass is 366 g/mol. The van der Waals surface area contributed by atoms with E-state index in [-0.39, 0.29) is 17.2 Å². The summed E-state index contributed by atoms with van der Waals surface area (Å²) in [6, 6.07) is 11.3. The van der Waals surface area contributed by atoms with Gasteiger partial charge in [0.2, 0.25) is 5.91 Å². The van der Waals surface area contributed by atoms with Crippen LogP contribution in [-0.4, -0.2) is 15.7 Å². The lowest BCUT2D eigenvalue weighted by Gasteiger charge is -2.15. The average Bonchev–Trinajstić information content (AvgIpc) is 3.06. The number of hydrogen-bond acceptors (Lipinski definition) is 3. The van der Waals surface area contributed by atoms with Crippen molar-refractivity contribution < 1.29 is 4.79 Å². The summed E-state index contributed by atoms with van der Waals surface area (Å²) in [7, 11) is 0. The number of unbranched alkanes of at least 4 members (excludes halogenated alkanes) is 1. The van der Waals surface area contributed by atoms with Gasteiger partial charge >= 0.3 is 0 Å². The van der Waals surface area contributed by atoms with Crippen molar-refractivity contribution in [1.82, 2.24) is 9.78 Å². The van der Waals surface area contributed by atoms with Crippen LogP contribution >= 0.6 is 0 Å². The second-order valence-corrected chi connectivity index (χ2v) is 7.97. The first-order chi connectivity index (χ1) is 12.8. The van der Waals surface area contributed by atoms with Crippen LogP contribution in [0.1, 0.15) is 71.6 Å². The molecule has 0 fully saturated rings. The van der Waals surface area contributed by atoms with Gasteiger partial charge in [-0.1, -0.05) is 47.5 Å². The molecular weight excluding hydrogens is 336 g/mol. The van der Waals surface area contributed by atoms with Crippen LogP contribution in [0.25, 0.3) is 5.69 Å². The quantitative estimate of drug-likeness (QED) is 0.732. The number of nitrogens with one attached hydrogen (secondary N) is 1. The summed E-state index contributed by atoms with van der Waals surface area (Å²) in [6.45, 7) is 10.5. The zero-order valence-corrected chi connectivity index (χ0v) is 17.0. The van der Waals surface area contributed by atoms with Crippen LogP contribution in [0.2, 0.25) is 0 Å². The molecule has 0 aliphatic carbocycles. The summed E-state index contributed by atoms with van der Waals surface area (Å²) >= 11 is 0. The highest BCUT2D eigenvalue weighted by Gasteiger charge is 2.23. The van der Waals surface area contributed by atoms with E-state index in [1.54, 1.807) is 16.8 Å². The summed E-state index contributed by atoms with van der Waals surface area (Å²) in [4.78, 5) is 12.8. The molecule has 27 heavy (non-hydrogen) atoms. The van der Waals surface area contributed by atoms with E-state index in [9.17, 15) is 4.79 Å². The highest BCUT2D eigenvalue weighted by atomic mass is 16.2. The van der Waals surface area contributed by atoms with Gasteiger partial charge in [-0.15, -0.1) is 0 Å². The Labute approximate surface area is 162 Å². The van der Waals surface area contributed by atoms with Gasteiger partial charge in [0.15, 0.2) is 0 Å². The summed E-state index contributed by atoms with van der Waals surface area (Å²) in [5.74, 6) is 0.720. The topological polar surface area (TPSA) is 70.7 Å². The van der Waals surface area contributed by atoms with Gasteiger partial charge in [-0.3, -0.25) is 4.79 Å². The van der Waals surface area contributed by atoms with Crippen molar-refractivity contribution in [2.45, 2.75) is 65.7 Å². The Morgan fingerprint density at radius 3 is 2.44 bits per heavy atom. The second kappa shape index (κ2) is 8.85. The third-order valence-electron chi connectivity index (χ3n) is 4.74. The van der Waals surface area contributed by atoms with Crippen LogP contribution in [0.15, 0.2) is 30.3 Å². The minimum absolute atomic E-state index is 0.00681. The third-order valence-corrected chi connectivity index (χ3v) is 4.74. The fourth-order valence-electron chi connectivity index (χ4n) is 2.91. The zero-order chi connectivity index (χ0) is 20.0. The molecule has 144 valence electrons. The van der Waals surface area contributed by atoms with Crippen LogP contribution in [0, 0.1) is 17.2 Å². The van der Waals surface area contributed by atoms with Crippen LogP contribution in [0.4, 0.5) is 5.82 Å². The van der Waals surface area contributed by atoms with Gasteiger partial charge in [0.1, 0.15) is 5.82 Å². The molecule has 0 bridgehead atoms. The number of rotatable bonds is 7. The van der Waals surface area contributed by atoms with E-state index in [0.29, 0.717) is 11.4 Å². The number of carbonyl (C=O) groups excluding carboxylic acids is 1. The van der Waals surface area contributed by atoms with Crippen molar-refractivity contribution in [2.24, 2.45) is 5.92 Å². The zero-order valence-electron chi connectivity index (χ0n) is 17.0. The van der Waals surface area contributed by atoms with Crippen LogP contribution < -0.4 is 5.32 Å². The van der Waals surface area contributed by atoms with Crippen LogP contribution in [-0.2, 0) is 10.2 Å². The number of hydrogen-bond donors (Lipinski definition) is 1. The van der Waals surface area contributed by atoms with E-state index in [2.05, 4.69) is 46.0 Å². The summed E-state index contributed by atoms with van der Waals surface area (Å²) in [5.41, 5.74) is 2.19. The molecule has 1 aromatic heterocycles. The maximum absolute atomic E-state index is 12.8. The first kappa shape index (κ1) is 20.7. The van der Waals surface area contributed by atoms with Crippen LogP contribution in [0.3, 0.4) is 0 Å². The SMILES string of the molecule is CCCCC(CC)C(=O)Nc1cc(C(C)(C)C)nn1-c1ccc(C#N)cc1. The molecule has 1 N–H and O–H groups in total. The fourth-order valence-corrected chi connectivity index (χ4v) is 2.91. The van der Waals surface area contributed by atoms with Gasteiger partial charge in [0, 0.05) is 17.4 Å². The molecule has 1 unspecified atom stereocenters. The number of amides is 1. The summed E-state index contributed by atoms with van der Waals surface area (Å²) in [5, 5.41) is 16.8. The minimum Gasteiger partial charge on any atom is -0.310 e. The molecule has 0 radical (unpaired) electrons. The lowest BCUT2D eigenvalue weighted by Crippen LogP contribution is -2.23. The largest absolute Gasteiger partial charge is 0.310 e. The van der Waals surface area contributed by atoms with E-state index in [4.69, 9.17) is 10.4 Å². The molecule has 2 aromatic rings. The first-order valence-corrected chi connectivity index (χ1v) is 9.72. The Morgan fingerprint density at radius 1 is 1.26 bits per heavy atom. The number of carbonyl (C=O) groups is 1. The van der Waals surface area contributed by atoms with E-state index in [0.717, 1.165) is 37.1 Å². The lowest BCUT2D eigenvalue weighted by molar-refractivity contribution is -0.120. The Balaban J connectivity index is 2.37. The normalized spacial score (nSPS) is 12.4. The molecule has 0 saturated carbocycles. The summed E-state index contributed by atoms with van der Waals surface area (Å²) < 4.78 is 1.76. The average molecular weight is 367 g/mol. The number of aromatic nitrogens is 2. The molecule has 0 saturated heterocycles. The molecule has 0 aliphatic rings. The first-order valence-electron chi connectivity index (χ1n) is 9.72. The van der Waals surface area contributed by atoms with Gasteiger partial charge in [-0.25, -0.2) is 4.68 Å². The number of nitrogens with zero attached hydrogens (tertiary/aromatic N) is 3. The van der Waals surface area contributed by atoms with Gasteiger partial charge in [-0.05, 0) is 37.1 Å². The van der Waals surface area contributed by atoms with Gasteiger partial charge < -0.3 is 5.32 Å². The third kappa shape index (κ3) is 5.19. The highest BCUT2D eigenvalue weighted by molar-refractivity contribution is 5.92. The van der Waals surface area contributed by atoms with E-state index in [1.165, 1.54) is 0 Å². The maximum atomic E-state index is 12.8. The van der Waals surface area contributed by atoms with Gasteiger partial charge in [0.25, 0.3) is 0 Å². The van der Waals surface area contributed by atoms with E-state index in [1.807, 2.05) is 18.2 Å². The van der Waals surface area contributed by atoms with Crippen molar-refractivity contribution >= 4 is 11.7 Å². The molecule has 2 rings (SSSR count). The van der Waals surface area contributed by atoms with Crippen molar-refractivity contribution in [2.75, 3.05) is 5.32 Å². The van der Waals surface area contributed by atoms with E-state index < -0.39 is 0 Å². The van der Waals surface area contributed by atoms with Crippen molar-refractivity contribution in [3.05, 3.63) is 41.6 Å². The van der Waals surface area contributed by atoms with Crippen molar-refractivity contribution in [3.63, 3.8) is 0 Å². The number of nitriles is 1. The molecule has 1 amide bonds. The maximum Gasteiger partial charge on any atom is 0.228 e. The Hall–Kier alpha value is -2.61. The van der Waals surface area contributed by atoms with Gasteiger partial charge in [0.05, 0.1) is 23.0 Å². The van der Waals surface area contributed by atoms with Gasteiger partial charge in [-0.2, -0.15) is 10.4 Å². The molecule has 0 aliphatic heterocycles. The molecule has 1 heterocycles. The minimum atomic E-state index is -0.135. The second-order valence-electron chi connectivity index (χ2n) is 7.97. The molecule has 1 atom stereocenters. The van der Waals surface area contributed by atoms with Crippen LogP contribution in [0.5, 0.6) is 0 Å². The predicted octanol–water partition coefficient (Wildman–Crippen LogP) is 5.20. The lowest BCUT2D eigenvalue weighted by atomic mass is 9.92. The smallest absolute Gasteiger partial charge is 0.228 e. The van der Waals surface area contributed by atoms with E-state index >= 15 is 0 Å².